The molecule has 5 heteroatoms. The normalized spacial score (nSPS) is 10.0. The average molecular weight is 165 g/mol. The maximum absolute atomic E-state index is 12.3. The Kier molecular flexibility index (Phi) is 1.80. The van der Waals surface area contributed by atoms with Crippen LogP contribution in [0.25, 0.3) is 0 Å². The molecule has 2 nitrogen and oxygen atoms in total. The van der Waals surface area contributed by atoms with Gasteiger partial charge in [0.15, 0.2) is 0 Å². The summed E-state index contributed by atoms with van der Waals surface area (Å²) in [5.41, 5.74) is 0.103. The van der Waals surface area contributed by atoms with Crippen molar-refractivity contribution >= 4 is 11.6 Å². The number of nitrogens with zero attached hydrogens (tertiary/aromatic N) is 2. The van der Waals surface area contributed by atoms with Crippen LogP contribution in [0.15, 0.2) is 0 Å². The van der Waals surface area contributed by atoms with Crippen LogP contribution in [0.4, 0.5) is 8.78 Å². The molecular weight excluding hydrogens is 162 g/mol. The zero-order valence-electron chi connectivity index (χ0n) is 5.03. The highest BCUT2D eigenvalue weighted by molar-refractivity contribution is 6.31. The third-order valence-corrected chi connectivity index (χ3v) is 1.38. The third kappa shape index (κ3) is 1.21. The van der Waals surface area contributed by atoms with Gasteiger partial charge in [0.2, 0.25) is 5.95 Å². The van der Waals surface area contributed by atoms with E-state index in [1.165, 1.54) is 6.92 Å². The van der Waals surface area contributed by atoms with Crippen molar-refractivity contribution in [3.63, 3.8) is 0 Å². The average Bonchev–Trinajstić information content (AvgIpc) is 1.82. The van der Waals surface area contributed by atoms with E-state index in [2.05, 4.69) is 9.97 Å². The van der Waals surface area contributed by atoms with E-state index in [1.807, 2.05) is 0 Å². The van der Waals surface area contributed by atoms with Crippen LogP contribution in [0, 0.1) is 18.9 Å². The molecule has 10 heavy (non-hydrogen) atoms. The van der Waals surface area contributed by atoms with Crippen LogP contribution in [0.1, 0.15) is 5.69 Å². The van der Waals surface area contributed by atoms with Crippen LogP contribution >= 0.6 is 11.6 Å². The van der Waals surface area contributed by atoms with Gasteiger partial charge in [-0.2, -0.15) is 13.8 Å². The molecule has 0 aliphatic rings. The molecule has 0 aliphatic carbocycles. The Balaban J connectivity index is 3.31. The summed E-state index contributed by atoms with van der Waals surface area (Å²) in [6.45, 7) is 1.40. The van der Waals surface area contributed by atoms with E-state index < -0.39 is 12.0 Å². The molecular formula is C5H3ClF2N2. The van der Waals surface area contributed by atoms with E-state index in [1.54, 1.807) is 0 Å². The maximum atomic E-state index is 12.3. The van der Waals surface area contributed by atoms with Crippen LogP contribution in [-0.2, 0) is 0 Å². The first kappa shape index (κ1) is 7.34. The summed E-state index contributed by atoms with van der Waals surface area (Å²) in [7, 11) is 0. The maximum Gasteiger partial charge on any atom is 0.311 e. The minimum absolute atomic E-state index is 0.103. The Morgan fingerprint density at radius 1 is 1.30 bits per heavy atom. The molecule has 1 heterocycles. The predicted molar refractivity (Wildman–Crippen MR) is 31.7 cm³/mol. The Morgan fingerprint density at radius 2 is 1.90 bits per heavy atom. The monoisotopic (exact) mass is 164 g/mol. The number of hydrogen-bond donors (Lipinski definition) is 0. The lowest BCUT2D eigenvalue weighted by Crippen LogP contribution is -1.97. The van der Waals surface area contributed by atoms with Gasteiger partial charge < -0.3 is 0 Å². The molecule has 0 bridgehead atoms. The van der Waals surface area contributed by atoms with Crippen molar-refractivity contribution in [2.45, 2.75) is 6.92 Å². The summed E-state index contributed by atoms with van der Waals surface area (Å²) in [4.78, 5) is 5.94. The molecule has 0 radical (unpaired) electrons. The number of rotatable bonds is 0. The SMILES string of the molecule is Cc1nc(F)nc(F)c1Cl. The second-order valence-corrected chi connectivity index (χ2v) is 2.06. The number of aryl methyl sites for hydroxylation is 1. The summed E-state index contributed by atoms with van der Waals surface area (Å²) in [6, 6.07) is 0. The van der Waals surface area contributed by atoms with Crippen molar-refractivity contribution in [2.24, 2.45) is 0 Å². The van der Waals surface area contributed by atoms with Crippen molar-refractivity contribution < 1.29 is 8.78 Å². The van der Waals surface area contributed by atoms with Crippen molar-refractivity contribution in [3.8, 4) is 0 Å². The lowest BCUT2D eigenvalue weighted by atomic mass is 10.4. The fraction of sp³-hybridized carbons (Fsp3) is 0.200. The molecule has 0 unspecified atom stereocenters. The van der Waals surface area contributed by atoms with Gasteiger partial charge in [-0.3, -0.25) is 0 Å². The molecule has 54 valence electrons. The number of aromatic nitrogens is 2. The van der Waals surface area contributed by atoms with Crippen LogP contribution < -0.4 is 0 Å². The van der Waals surface area contributed by atoms with Crippen LogP contribution in [0.3, 0.4) is 0 Å². The second-order valence-electron chi connectivity index (χ2n) is 1.68. The van der Waals surface area contributed by atoms with Crippen molar-refractivity contribution in [1.29, 1.82) is 0 Å². The molecule has 0 saturated heterocycles. The van der Waals surface area contributed by atoms with E-state index >= 15 is 0 Å². The fourth-order valence-electron chi connectivity index (χ4n) is 0.492. The van der Waals surface area contributed by atoms with E-state index in [0.29, 0.717) is 0 Å². The topological polar surface area (TPSA) is 25.8 Å². The van der Waals surface area contributed by atoms with Crippen LogP contribution in [-0.4, -0.2) is 9.97 Å². The third-order valence-electron chi connectivity index (χ3n) is 0.949. The van der Waals surface area contributed by atoms with E-state index in [0.717, 1.165) is 0 Å². The molecule has 1 aromatic rings. The Hall–Kier alpha value is -0.770. The zero-order chi connectivity index (χ0) is 7.72. The van der Waals surface area contributed by atoms with E-state index in [4.69, 9.17) is 11.6 Å². The lowest BCUT2D eigenvalue weighted by molar-refractivity contribution is 0.479. The molecule has 0 aromatic carbocycles. The zero-order valence-corrected chi connectivity index (χ0v) is 5.78. The molecule has 0 spiro atoms. The minimum atomic E-state index is -1.10. The van der Waals surface area contributed by atoms with Gasteiger partial charge in [-0.1, -0.05) is 11.6 Å². The predicted octanol–water partition coefficient (Wildman–Crippen LogP) is 1.72. The molecule has 1 aromatic heterocycles. The Morgan fingerprint density at radius 3 is 2.40 bits per heavy atom. The van der Waals surface area contributed by atoms with Gasteiger partial charge in [0.05, 0.1) is 5.69 Å². The molecule has 0 aliphatic heterocycles. The van der Waals surface area contributed by atoms with Crippen molar-refractivity contribution in [2.75, 3.05) is 0 Å². The van der Waals surface area contributed by atoms with E-state index in [9.17, 15) is 8.78 Å². The van der Waals surface area contributed by atoms with Gasteiger partial charge in [-0.15, -0.1) is 0 Å². The molecule has 0 fully saturated rings. The Labute approximate surface area is 60.9 Å². The minimum Gasteiger partial charge on any atom is -0.206 e. The molecule has 1 rings (SSSR count). The standard InChI is InChI=1S/C5H3ClF2N2/c1-2-3(6)4(7)10-5(8)9-2/h1H3. The quantitative estimate of drug-likeness (QED) is 0.431. The summed E-state index contributed by atoms with van der Waals surface area (Å²) in [5.74, 6) is -1.02. The highest BCUT2D eigenvalue weighted by atomic mass is 35.5. The van der Waals surface area contributed by atoms with Crippen LogP contribution in [0.2, 0.25) is 5.02 Å². The summed E-state index contributed by atoms with van der Waals surface area (Å²) < 4.78 is 24.4. The van der Waals surface area contributed by atoms with Gasteiger partial charge in [-0.05, 0) is 6.92 Å². The summed E-state index contributed by atoms with van der Waals surface area (Å²) in [6.07, 6.45) is -1.10. The van der Waals surface area contributed by atoms with Gasteiger partial charge in [-0.25, -0.2) is 4.98 Å². The first-order valence-electron chi connectivity index (χ1n) is 2.46. The van der Waals surface area contributed by atoms with Crippen LogP contribution in [0.5, 0.6) is 0 Å². The molecule has 0 N–H and O–H groups in total. The highest BCUT2D eigenvalue weighted by Gasteiger charge is 2.07. The van der Waals surface area contributed by atoms with Gasteiger partial charge in [0.1, 0.15) is 5.02 Å². The Bertz CT molecular complexity index is 241. The van der Waals surface area contributed by atoms with Gasteiger partial charge in [0, 0.05) is 0 Å². The van der Waals surface area contributed by atoms with Crippen molar-refractivity contribution in [3.05, 3.63) is 22.7 Å². The first-order valence-corrected chi connectivity index (χ1v) is 2.84. The smallest absolute Gasteiger partial charge is 0.206 e. The van der Waals surface area contributed by atoms with E-state index in [-0.39, 0.29) is 10.7 Å². The van der Waals surface area contributed by atoms with Gasteiger partial charge in [0.25, 0.3) is 0 Å². The second kappa shape index (κ2) is 2.46. The highest BCUT2D eigenvalue weighted by Crippen LogP contribution is 2.14. The molecule has 0 atom stereocenters. The summed E-state index contributed by atoms with van der Waals surface area (Å²) >= 11 is 5.28. The molecule has 0 amide bonds. The van der Waals surface area contributed by atoms with Gasteiger partial charge >= 0.3 is 6.08 Å². The number of halogens is 3. The fourth-order valence-corrected chi connectivity index (χ4v) is 0.576. The molecule has 0 saturated carbocycles. The largest absolute Gasteiger partial charge is 0.311 e. The lowest BCUT2D eigenvalue weighted by Gasteiger charge is -1.95. The summed E-state index contributed by atoms with van der Waals surface area (Å²) in [5, 5.41) is -0.235. The van der Waals surface area contributed by atoms with Crippen molar-refractivity contribution in [1.82, 2.24) is 9.97 Å². The number of hydrogen-bond acceptors (Lipinski definition) is 2. The first-order chi connectivity index (χ1) is 4.61.